The highest BCUT2D eigenvalue weighted by Gasteiger charge is 2.43. The van der Waals surface area contributed by atoms with E-state index in [0.717, 1.165) is 0 Å². The normalized spacial score (nSPS) is 18.6. The molecule has 6 nitrogen and oxygen atoms in total. The van der Waals surface area contributed by atoms with Gasteiger partial charge in [0.05, 0.1) is 26.2 Å². The van der Waals surface area contributed by atoms with Crippen LogP contribution in [0.4, 0.5) is 0 Å². The van der Waals surface area contributed by atoms with Crippen molar-refractivity contribution in [3.05, 3.63) is 70.5 Å². The summed E-state index contributed by atoms with van der Waals surface area (Å²) in [5.74, 6) is -1.29. The molecule has 1 unspecified atom stereocenters. The van der Waals surface area contributed by atoms with Gasteiger partial charge in [-0.3, -0.25) is 14.4 Å². The molecule has 1 heterocycles. The molecule has 0 aromatic heterocycles. The summed E-state index contributed by atoms with van der Waals surface area (Å²) < 4.78 is 16.0. The molecule has 0 bridgehead atoms. The summed E-state index contributed by atoms with van der Waals surface area (Å²) in [5.41, 5.74) is 1.34. The fraction of sp³-hybridized carbons (Fsp3) is 0.190. The number of carbonyl (C=O) groups excluding carboxylic acids is 3. The van der Waals surface area contributed by atoms with Gasteiger partial charge >= 0.3 is 5.97 Å². The van der Waals surface area contributed by atoms with Crippen molar-refractivity contribution in [2.75, 3.05) is 14.2 Å². The van der Waals surface area contributed by atoms with Crippen LogP contribution in [-0.2, 0) is 9.53 Å². The summed E-state index contributed by atoms with van der Waals surface area (Å²) in [7, 11) is 2.99. The van der Waals surface area contributed by atoms with Crippen molar-refractivity contribution in [1.82, 2.24) is 0 Å². The van der Waals surface area contributed by atoms with Crippen molar-refractivity contribution in [2.24, 2.45) is 0 Å². The van der Waals surface area contributed by atoms with Crippen LogP contribution < -0.4 is 9.47 Å². The number of benzene rings is 2. The maximum Gasteiger partial charge on any atom is 0.312 e. The van der Waals surface area contributed by atoms with Gasteiger partial charge in [-0.2, -0.15) is 0 Å². The van der Waals surface area contributed by atoms with Crippen LogP contribution in [0.3, 0.4) is 0 Å². The molecule has 2 aliphatic rings. The minimum Gasteiger partial charge on any atom is -0.493 e. The van der Waals surface area contributed by atoms with Crippen LogP contribution in [0.5, 0.6) is 11.5 Å². The summed E-state index contributed by atoms with van der Waals surface area (Å²) in [5, 5.41) is 0. The Morgan fingerprint density at radius 1 is 0.889 bits per heavy atom. The van der Waals surface area contributed by atoms with E-state index in [1.165, 1.54) is 14.2 Å². The number of hydrogen-bond acceptors (Lipinski definition) is 6. The van der Waals surface area contributed by atoms with Gasteiger partial charge in [0.15, 0.2) is 23.0 Å². The third-order valence-corrected chi connectivity index (χ3v) is 4.86. The molecular formula is C21H16O6. The molecule has 0 spiro atoms. The van der Waals surface area contributed by atoms with E-state index >= 15 is 0 Å². The van der Waals surface area contributed by atoms with Crippen LogP contribution in [0, 0.1) is 0 Å². The van der Waals surface area contributed by atoms with E-state index in [1.807, 2.05) is 0 Å². The van der Waals surface area contributed by atoms with Gasteiger partial charge in [-0.1, -0.05) is 36.4 Å². The number of rotatable bonds is 3. The van der Waals surface area contributed by atoms with E-state index in [1.54, 1.807) is 42.5 Å². The van der Waals surface area contributed by atoms with Crippen molar-refractivity contribution in [2.45, 2.75) is 12.3 Å². The molecule has 1 atom stereocenters. The van der Waals surface area contributed by atoms with Crippen LogP contribution >= 0.6 is 0 Å². The average molecular weight is 364 g/mol. The number of methoxy groups -OCH3 is 2. The Hall–Kier alpha value is -3.41. The molecule has 1 aliphatic heterocycles. The molecule has 2 aromatic carbocycles. The van der Waals surface area contributed by atoms with Crippen LogP contribution in [0.15, 0.2) is 53.8 Å². The zero-order valence-corrected chi connectivity index (χ0v) is 14.8. The Balaban J connectivity index is 1.94. The minimum atomic E-state index is -0.656. The van der Waals surface area contributed by atoms with E-state index in [-0.39, 0.29) is 29.1 Å². The third-order valence-electron chi connectivity index (χ3n) is 4.86. The minimum absolute atomic E-state index is 0.0659. The van der Waals surface area contributed by atoms with Gasteiger partial charge in [-0.25, -0.2) is 0 Å². The predicted molar refractivity (Wildman–Crippen MR) is 95.1 cm³/mol. The van der Waals surface area contributed by atoms with Gasteiger partial charge < -0.3 is 14.2 Å². The SMILES string of the molecule is COc1cccc(C2CC(=O)OC3=C2C(=O)c2ccccc2C3=O)c1OC. The van der Waals surface area contributed by atoms with Crippen molar-refractivity contribution in [3.63, 3.8) is 0 Å². The van der Waals surface area contributed by atoms with E-state index < -0.39 is 17.7 Å². The summed E-state index contributed by atoms with van der Waals surface area (Å²) in [4.78, 5) is 38.2. The molecule has 27 heavy (non-hydrogen) atoms. The largest absolute Gasteiger partial charge is 0.493 e. The zero-order chi connectivity index (χ0) is 19.1. The number of carbonyl (C=O) groups is 3. The highest BCUT2D eigenvalue weighted by Crippen LogP contribution is 2.46. The number of hydrogen-bond donors (Lipinski definition) is 0. The Labute approximate surface area is 155 Å². The van der Waals surface area contributed by atoms with Crippen molar-refractivity contribution >= 4 is 17.5 Å². The summed E-state index contributed by atoms with van der Waals surface area (Å²) in [6, 6.07) is 11.8. The molecule has 0 saturated heterocycles. The van der Waals surface area contributed by atoms with Gasteiger partial charge in [-0.05, 0) is 6.07 Å². The molecule has 136 valence electrons. The summed E-state index contributed by atoms with van der Waals surface area (Å²) >= 11 is 0. The topological polar surface area (TPSA) is 78.9 Å². The van der Waals surface area contributed by atoms with Gasteiger partial charge in [-0.15, -0.1) is 0 Å². The molecule has 0 amide bonds. The van der Waals surface area contributed by atoms with Gasteiger partial charge in [0.25, 0.3) is 0 Å². The van der Waals surface area contributed by atoms with Crippen LogP contribution in [0.2, 0.25) is 0 Å². The first-order chi connectivity index (χ1) is 13.1. The van der Waals surface area contributed by atoms with E-state index in [2.05, 4.69) is 0 Å². The average Bonchev–Trinajstić information content (AvgIpc) is 2.70. The molecule has 1 aliphatic carbocycles. The number of Topliss-reactive ketones (excluding diaryl/α,β-unsaturated/α-hetero) is 2. The first-order valence-corrected chi connectivity index (χ1v) is 8.41. The van der Waals surface area contributed by atoms with Crippen LogP contribution in [-0.4, -0.2) is 31.8 Å². The number of allylic oxidation sites excluding steroid dienone is 2. The van der Waals surface area contributed by atoms with E-state index in [0.29, 0.717) is 22.6 Å². The number of ketones is 2. The molecule has 0 radical (unpaired) electrons. The van der Waals surface area contributed by atoms with Crippen molar-refractivity contribution in [1.29, 1.82) is 0 Å². The lowest BCUT2D eigenvalue weighted by Crippen LogP contribution is -2.33. The number of fused-ring (bicyclic) bond motifs is 1. The smallest absolute Gasteiger partial charge is 0.312 e. The maximum atomic E-state index is 13.2. The molecular weight excluding hydrogens is 348 g/mol. The fourth-order valence-corrected chi connectivity index (χ4v) is 3.67. The predicted octanol–water partition coefficient (Wildman–Crippen LogP) is 3.07. The molecule has 4 rings (SSSR count). The molecule has 0 fully saturated rings. The Bertz CT molecular complexity index is 1020. The highest BCUT2D eigenvalue weighted by molar-refractivity contribution is 6.27. The van der Waals surface area contributed by atoms with Crippen molar-refractivity contribution < 1.29 is 28.6 Å². The third kappa shape index (κ3) is 2.52. The first kappa shape index (κ1) is 17.0. The highest BCUT2D eigenvalue weighted by atomic mass is 16.5. The Morgan fingerprint density at radius 2 is 1.59 bits per heavy atom. The second kappa shape index (κ2) is 6.39. The lowest BCUT2D eigenvalue weighted by Gasteiger charge is -2.30. The Morgan fingerprint density at radius 3 is 2.26 bits per heavy atom. The van der Waals surface area contributed by atoms with Crippen LogP contribution in [0.25, 0.3) is 0 Å². The fourth-order valence-electron chi connectivity index (χ4n) is 3.67. The Kier molecular flexibility index (Phi) is 4.03. The second-order valence-electron chi connectivity index (χ2n) is 6.26. The molecule has 2 aromatic rings. The summed E-state index contributed by atoms with van der Waals surface area (Å²) in [6.45, 7) is 0. The van der Waals surface area contributed by atoms with Gasteiger partial charge in [0.2, 0.25) is 5.78 Å². The van der Waals surface area contributed by atoms with Crippen LogP contribution in [0.1, 0.15) is 38.6 Å². The summed E-state index contributed by atoms with van der Waals surface area (Å²) in [6.07, 6.45) is -0.0659. The molecule has 0 saturated carbocycles. The number of esters is 1. The maximum absolute atomic E-state index is 13.2. The second-order valence-corrected chi connectivity index (χ2v) is 6.26. The zero-order valence-electron chi connectivity index (χ0n) is 14.8. The van der Waals surface area contributed by atoms with Crippen molar-refractivity contribution in [3.8, 4) is 11.5 Å². The monoisotopic (exact) mass is 364 g/mol. The number of ether oxygens (including phenoxy) is 3. The van der Waals surface area contributed by atoms with E-state index in [4.69, 9.17) is 14.2 Å². The number of para-hydroxylation sites is 1. The quantitative estimate of drug-likeness (QED) is 0.779. The molecule has 0 N–H and O–H groups in total. The lowest BCUT2D eigenvalue weighted by molar-refractivity contribution is -0.140. The first-order valence-electron chi connectivity index (χ1n) is 8.41. The molecule has 6 heteroatoms. The van der Waals surface area contributed by atoms with Gasteiger partial charge in [0, 0.05) is 22.6 Å². The van der Waals surface area contributed by atoms with E-state index in [9.17, 15) is 14.4 Å². The van der Waals surface area contributed by atoms with Gasteiger partial charge in [0.1, 0.15) is 0 Å². The standard InChI is InChI=1S/C21H16O6/c1-25-15-9-5-8-13(20(15)26-2)14-10-16(22)27-21-17(14)18(23)11-6-3-4-7-12(11)19(21)24/h3-9,14H,10H2,1-2H3. The lowest BCUT2D eigenvalue weighted by atomic mass is 9.76.